The van der Waals surface area contributed by atoms with Crippen molar-refractivity contribution in [1.29, 1.82) is 0 Å². The van der Waals surface area contributed by atoms with Crippen LogP contribution in [0.4, 0.5) is 0 Å². The highest BCUT2D eigenvalue weighted by atomic mass is 32.2. The van der Waals surface area contributed by atoms with E-state index in [1.165, 1.54) is 24.7 Å². The summed E-state index contributed by atoms with van der Waals surface area (Å²) in [6.07, 6.45) is 5.62. The molecule has 1 aliphatic heterocycles. The molecular weight excluding hydrogens is 258 g/mol. The van der Waals surface area contributed by atoms with Gasteiger partial charge in [0.15, 0.2) is 0 Å². The second kappa shape index (κ2) is 6.53. The molecular formula is C15H23NO2S. The number of sulfone groups is 1. The standard InChI is InChI=1S/C15H23NO2S/c1-19(17,18)12-6-11-16-10-5-9-15(16)13-14-7-3-2-4-8-14/h2-4,7-8,15H,5-6,9-13H2,1H3. The minimum absolute atomic E-state index is 0.307. The monoisotopic (exact) mass is 281 g/mol. The predicted molar refractivity (Wildman–Crippen MR) is 79.1 cm³/mol. The van der Waals surface area contributed by atoms with Crippen molar-refractivity contribution in [1.82, 2.24) is 4.90 Å². The number of rotatable bonds is 6. The molecule has 1 aliphatic rings. The smallest absolute Gasteiger partial charge is 0.147 e. The van der Waals surface area contributed by atoms with Crippen molar-refractivity contribution in [2.45, 2.75) is 31.7 Å². The highest BCUT2D eigenvalue weighted by Crippen LogP contribution is 2.21. The van der Waals surface area contributed by atoms with Crippen molar-refractivity contribution in [3.8, 4) is 0 Å². The van der Waals surface area contributed by atoms with Crippen LogP contribution in [-0.2, 0) is 16.3 Å². The lowest BCUT2D eigenvalue weighted by Crippen LogP contribution is -2.32. The lowest BCUT2D eigenvalue weighted by atomic mass is 10.0. The molecule has 1 aromatic rings. The van der Waals surface area contributed by atoms with Gasteiger partial charge in [-0.05, 0) is 44.3 Å². The summed E-state index contributed by atoms with van der Waals surface area (Å²) in [5, 5.41) is 0. The quantitative estimate of drug-likeness (QED) is 0.801. The van der Waals surface area contributed by atoms with Gasteiger partial charge in [0, 0.05) is 12.3 Å². The molecule has 1 fully saturated rings. The third kappa shape index (κ3) is 4.96. The Bertz CT molecular complexity index is 484. The molecule has 0 saturated carbocycles. The molecule has 0 aliphatic carbocycles. The van der Waals surface area contributed by atoms with E-state index in [4.69, 9.17) is 0 Å². The van der Waals surface area contributed by atoms with E-state index in [1.54, 1.807) is 0 Å². The zero-order chi connectivity index (χ0) is 13.7. The van der Waals surface area contributed by atoms with Gasteiger partial charge in [0.1, 0.15) is 9.84 Å². The first kappa shape index (κ1) is 14.5. The highest BCUT2D eigenvalue weighted by Gasteiger charge is 2.24. The van der Waals surface area contributed by atoms with E-state index in [2.05, 4.69) is 29.2 Å². The molecule has 1 aromatic carbocycles. The Hall–Kier alpha value is -0.870. The van der Waals surface area contributed by atoms with Crippen LogP contribution in [0.2, 0.25) is 0 Å². The van der Waals surface area contributed by atoms with Gasteiger partial charge in [-0.3, -0.25) is 0 Å². The third-order valence-electron chi connectivity index (χ3n) is 3.77. The van der Waals surface area contributed by atoms with E-state index in [0.29, 0.717) is 11.8 Å². The van der Waals surface area contributed by atoms with Gasteiger partial charge in [0.05, 0.1) is 5.75 Å². The minimum atomic E-state index is -2.82. The zero-order valence-corrected chi connectivity index (χ0v) is 12.4. The summed E-state index contributed by atoms with van der Waals surface area (Å²) in [6, 6.07) is 11.1. The van der Waals surface area contributed by atoms with Crippen LogP contribution >= 0.6 is 0 Å². The van der Waals surface area contributed by atoms with Gasteiger partial charge in [-0.25, -0.2) is 8.42 Å². The summed E-state index contributed by atoms with van der Waals surface area (Å²) in [5.74, 6) is 0.307. The Balaban J connectivity index is 1.83. The summed E-state index contributed by atoms with van der Waals surface area (Å²) < 4.78 is 22.3. The lowest BCUT2D eigenvalue weighted by molar-refractivity contribution is 0.253. The molecule has 0 spiro atoms. The zero-order valence-electron chi connectivity index (χ0n) is 11.6. The van der Waals surface area contributed by atoms with Gasteiger partial charge in [-0.1, -0.05) is 30.3 Å². The molecule has 1 unspecified atom stereocenters. The molecule has 3 nitrogen and oxygen atoms in total. The third-order valence-corrected chi connectivity index (χ3v) is 4.80. The first-order chi connectivity index (χ1) is 9.04. The van der Waals surface area contributed by atoms with Crippen LogP contribution in [0, 0.1) is 0 Å². The van der Waals surface area contributed by atoms with Gasteiger partial charge in [-0.15, -0.1) is 0 Å². The van der Waals surface area contributed by atoms with Crippen molar-refractivity contribution >= 4 is 9.84 Å². The van der Waals surface area contributed by atoms with Crippen LogP contribution in [-0.4, -0.2) is 44.5 Å². The fourth-order valence-corrected chi connectivity index (χ4v) is 3.49. The highest BCUT2D eigenvalue weighted by molar-refractivity contribution is 7.90. The van der Waals surface area contributed by atoms with Crippen molar-refractivity contribution in [3.63, 3.8) is 0 Å². The topological polar surface area (TPSA) is 37.4 Å². The first-order valence-corrected chi connectivity index (χ1v) is 9.06. The Morgan fingerprint density at radius 3 is 2.68 bits per heavy atom. The van der Waals surface area contributed by atoms with Crippen molar-refractivity contribution < 1.29 is 8.42 Å². The Morgan fingerprint density at radius 1 is 1.26 bits per heavy atom. The van der Waals surface area contributed by atoms with Crippen LogP contribution in [0.5, 0.6) is 0 Å². The largest absolute Gasteiger partial charge is 0.300 e. The second-order valence-corrected chi connectivity index (χ2v) is 7.76. The Kier molecular flexibility index (Phi) is 4.99. The minimum Gasteiger partial charge on any atom is -0.300 e. The molecule has 0 radical (unpaired) electrons. The number of hydrogen-bond donors (Lipinski definition) is 0. The van der Waals surface area contributed by atoms with Gasteiger partial charge in [-0.2, -0.15) is 0 Å². The van der Waals surface area contributed by atoms with E-state index >= 15 is 0 Å². The van der Waals surface area contributed by atoms with Crippen LogP contribution in [0.3, 0.4) is 0 Å². The Morgan fingerprint density at radius 2 is 2.00 bits per heavy atom. The van der Waals surface area contributed by atoms with Crippen molar-refractivity contribution in [2.24, 2.45) is 0 Å². The van der Waals surface area contributed by atoms with E-state index in [-0.39, 0.29) is 0 Å². The fraction of sp³-hybridized carbons (Fsp3) is 0.600. The summed E-state index contributed by atoms with van der Waals surface area (Å²) in [4.78, 5) is 2.46. The van der Waals surface area contributed by atoms with Crippen LogP contribution < -0.4 is 0 Å². The van der Waals surface area contributed by atoms with Crippen molar-refractivity contribution in [2.75, 3.05) is 25.1 Å². The fourth-order valence-electron chi connectivity index (χ4n) is 2.84. The lowest BCUT2D eigenvalue weighted by Gasteiger charge is -2.24. The summed E-state index contributed by atoms with van der Waals surface area (Å²) in [6.45, 7) is 2.02. The second-order valence-electron chi connectivity index (χ2n) is 5.51. The van der Waals surface area contributed by atoms with Crippen LogP contribution in [0.15, 0.2) is 30.3 Å². The number of likely N-dealkylation sites (tertiary alicyclic amines) is 1. The maximum absolute atomic E-state index is 11.2. The average Bonchev–Trinajstić information content (AvgIpc) is 2.76. The molecule has 0 bridgehead atoms. The molecule has 1 heterocycles. The van der Waals surface area contributed by atoms with Gasteiger partial charge in [0.25, 0.3) is 0 Å². The number of hydrogen-bond acceptors (Lipinski definition) is 3. The predicted octanol–water partition coefficient (Wildman–Crippen LogP) is 2.13. The van der Waals surface area contributed by atoms with Gasteiger partial charge < -0.3 is 4.90 Å². The maximum atomic E-state index is 11.2. The first-order valence-electron chi connectivity index (χ1n) is 7.00. The van der Waals surface area contributed by atoms with E-state index in [1.807, 2.05) is 6.07 Å². The molecule has 1 saturated heterocycles. The molecule has 0 aromatic heterocycles. The van der Waals surface area contributed by atoms with Crippen LogP contribution in [0.25, 0.3) is 0 Å². The normalized spacial score (nSPS) is 20.8. The molecule has 4 heteroatoms. The summed E-state index contributed by atoms with van der Waals surface area (Å²) >= 11 is 0. The molecule has 19 heavy (non-hydrogen) atoms. The molecule has 2 rings (SSSR count). The number of benzene rings is 1. The van der Waals surface area contributed by atoms with Crippen LogP contribution in [0.1, 0.15) is 24.8 Å². The summed E-state index contributed by atoms with van der Waals surface area (Å²) in [5.41, 5.74) is 1.38. The number of nitrogens with zero attached hydrogens (tertiary/aromatic N) is 1. The maximum Gasteiger partial charge on any atom is 0.147 e. The SMILES string of the molecule is CS(=O)(=O)CCCN1CCCC1Cc1ccccc1. The molecule has 0 amide bonds. The average molecular weight is 281 g/mol. The summed E-state index contributed by atoms with van der Waals surface area (Å²) in [7, 11) is -2.82. The Labute approximate surface area is 116 Å². The molecule has 0 N–H and O–H groups in total. The van der Waals surface area contributed by atoms with Gasteiger partial charge in [0.2, 0.25) is 0 Å². The van der Waals surface area contributed by atoms with Gasteiger partial charge >= 0.3 is 0 Å². The van der Waals surface area contributed by atoms with E-state index in [9.17, 15) is 8.42 Å². The molecule has 106 valence electrons. The van der Waals surface area contributed by atoms with E-state index < -0.39 is 9.84 Å². The van der Waals surface area contributed by atoms with E-state index in [0.717, 1.165) is 25.9 Å². The molecule has 1 atom stereocenters. The van der Waals surface area contributed by atoms with Crippen molar-refractivity contribution in [3.05, 3.63) is 35.9 Å².